The molecule has 1 N–H and O–H groups in total. The molecule has 0 aromatic heterocycles. The van der Waals surface area contributed by atoms with Crippen molar-refractivity contribution in [3.05, 3.63) is 39.4 Å². The van der Waals surface area contributed by atoms with Gasteiger partial charge < -0.3 is 5.11 Å². The molecule has 0 aliphatic rings. The Labute approximate surface area is 96.3 Å². The highest BCUT2D eigenvalue weighted by atomic mass is 16.6. The minimum Gasteiger partial charge on any atom is -0.477 e. The van der Waals surface area contributed by atoms with E-state index in [0.29, 0.717) is 5.56 Å². The zero-order valence-electron chi connectivity index (χ0n) is 8.51. The summed E-state index contributed by atoms with van der Waals surface area (Å²) in [6.45, 7) is 0. The van der Waals surface area contributed by atoms with Gasteiger partial charge in [0.1, 0.15) is 5.56 Å². The van der Waals surface area contributed by atoms with Crippen molar-refractivity contribution in [1.29, 1.82) is 5.26 Å². The van der Waals surface area contributed by atoms with E-state index < -0.39 is 22.1 Å². The highest BCUT2D eigenvalue weighted by molar-refractivity contribution is 5.92. The molecule has 1 rings (SSSR count). The van der Waals surface area contributed by atoms with Crippen LogP contribution in [0.25, 0.3) is 0 Å². The van der Waals surface area contributed by atoms with Crippen LogP contribution in [-0.2, 0) is 0 Å². The van der Waals surface area contributed by atoms with Crippen LogP contribution in [0.1, 0.15) is 22.3 Å². The largest absolute Gasteiger partial charge is 0.477 e. The zero-order chi connectivity index (χ0) is 12.8. The maximum Gasteiger partial charge on any atom is 0.342 e. The second-order valence-corrected chi connectivity index (χ2v) is 2.93. The Morgan fingerprint density at radius 1 is 1.53 bits per heavy atom. The quantitative estimate of drug-likeness (QED) is 0.471. The van der Waals surface area contributed by atoms with E-state index in [1.807, 2.05) is 0 Å². The van der Waals surface area contributed by atoms with Gasteiger partial charge in [-0.1, -0.05) is 11.8 Å². The van der Waals surface area contributed by atoms with Crippen LogP contribution < -0.4 is 0 Å². The van der Waals surface area contributed by atoms with E-state index >= 15 is 0 Å². The average Bonchev–Trinajstić information content (AvgIpc) is 2.29. The van der Waals surface area contributed by atoms with Crippen molar-refractivity contribution in [2.24, 2.45) is 0 Å². The van der Waals surface area contributed by atoms with Crippen LogP contribution in [0.3, 0.4) is 0 Å². The molecule has 0 saturated heterocycles. The Morgan fingerprint density at radius 2 is 2.24 bits per heavy atom. The molecule has 0 aliphatic heterocycles. The van der Waals surface area contributed by atoms with Gasteiger partial charge in [0, 0.05) is 11.6 Å². The molecule has 0 spiro atoms. The summed E-state index contributed by atoms with van der Waals surface area (Å²) >= 11 is 0. The van der Waals surface area contributed by atoms with Crippen LogP contribution in [0.5, 0.6) is 0 Å². The summed E-state index contributed by atoms with van der Waals surface area (Å²) in [6.07, 6.45) is 0.0133. The van der Waals surface area contributed by atoms with Crippen LogP contribution >= 0.6 is 0 Å². The standard InChI is InChI=1S/C11H6N2O4/c12-6-2-1-3-8-4-5-10(13(16)17)9(7-8)11(14)15/h4-5,7H,2H2,(H,14,15). The molecule has 6 heteroatoms. The van der Waals surface area contributed by atoms with Crippen molar-refractivity contribution in [3.63, 3.8) is 0 Å². The second kappa shape index (κ2) is 5.29. The van der Waals surface area contributed by atoms with E-state index in [4.69, 9.17) is 10.4 Å². The molecule has 1 aromatic rings. The van der Waals surface area contributed by atoms with Gasteiger partial charge in [-0.15, -0.1) is 0 Å². The van der Waals surface area contributed by atoms with Crippen molar-refractivity contribution < 1.29 is 14.8 Å². The third-order valence-corrected chi connectivity index (χ3v) is 1.82. The fraction of sp³-hybridized carbons (Fsp3) is 0.0909. The third kappa shape index (κ3) is 3.05. The topological polar surface area (TPSA) is 104 Å². The second-order valence-electron chi connectivity index (χ2n) is 2.93. The molecule has 17 heavy (non-hydrogen) atoms. The first kappa shape index (κ1) is 12.2. The molecule has 0 aliphatic carbocycles. The van der Waals surface area contributed by atoms with Crippen LogP contribution in [0.4, 0.5) is 5.69 Å². The number of carboxylic acids is 1. The number of aromatic carboxylic acids is 1. The van der Waals surface area contributed by atoms with E-state index in [9.17, 15) is 14.9 Å². The number of nitrogens with zero attached hydrogens (tertiary/aromatic N) is 2. The minimum absolute atomic E-state index is 0.0133. The molecule has 6 nitrogen and oxygen atoms in total. The zero-order valence-corrected chi connectivity index (χ0v) is 8.51. The van der Waals surface area contributed by atoms with Gasteiger partial charge in [-0.25, -0.2) is 4.79 Å². The van der Waals surface area contributed by atoms with Gasteiger partial charge in [0.25, 0.3) is 5.69 Å². The van der Waals surface area contributed by atoms with Crippen LogP contribution in [0.2, 0.25) is 0 Å². The summed E-state index contributed by atoms with van der Waals surface area (Å²) in [7, 11) is 0. The van der Waals surface area contributed by atoms with Crippen LogP contribution in [0, 0.1) is 33.3 Å². The van der Waals surface area contributed by atoms with E-state index in [1.165, 1.54) is 6.07 Å². The minimum atomic E-state index is -1.39. The van der Waals surface area contributed by atoms with Crippen molar-refractivity contribution in [2.45, 2.75) is 6.42 Å². The maximum absolute atomic E-state index is 10.8. The lowest BCUT2D eigenvalue weighted by molar-refractivity contribution is -0.385. The average molecular weight is 230 g/mol. The number of hydrogen-bond donors (Lipinski definition) is 1. The van der Waals surface area contributed by atoms with Crippen LogP contribution in [-0.4, -0.2) is 16.0 Å². The van der Waals surface area contributed by atoms with Gasteiger partial charge in [-0.05, 0) is 12.1 Å². The van der Waals surface area contributed by atoms with Gasteiger partial charge in [0.15, 0.2) is 0 Å². The molecule has 0 amide bonds. The molecule has 0 unspecified atom stereocenters. The van der Waals surface area contributed by atoms with Crippen molar-refractivity contribution >= 4 is 11.7 Å². The van der Waals surface area contributed by atoms with Crippen molar-refractivity contribution in [1.82, 2.24) is 0 Å². The Hall–Kier alpha value is -2.86. The van der Waals surface area contributed by atoms with E-state index in [2.05, 4.69) is 11.8 Å². The Morgan fingerprint density at radius 3 is 2.76 bits per heavy atom. The summed E-state index contributed by atoms with van der Waals surface area (Å²) in [5, 5.41) is 27.6. The predicted octanol–water partition coefficient (Wildman–Crippen LogP) is 1.56. The molecule has 0 radical (unpaired) electrons. The number of hydrogen-bond acceptors (Lipinski definition) is 4. The fourth-order valence-electron chi connectivity index (χ4n) is 1.13. The number of nitro benzene ring substituents is 1. The predicted molar refractivity (Wildman–Crippen MR) is 57.2 cm³/mol. The first-order chi connectivity index (χ1) is 8.06. The molecule has 0 saturated carbocycles. The van der Waals surface area contributed by atoms with Gasteiger partial charge >= 0.3 is 5.97 Å². The number of carboxylic acid groups (broad SMARTS) is 1. The third-order valence-electron chi connectivity index (χ3n) is 1.82. The lowest BCUT2D eigenvalue weighted by atomic mass is 10.1. The summed E-state index contributed by atoms with van der Waals surface area (Å²) < 4.78 is 0. The van der Waals surface area contributed by atoms with Crippen molar-refractivity contribution in [3.8, 4) is 17.9 Å². The highest BCUT2D eigenvalue weighted by Gasteiger charge is 2.19. The smallest absolute Gasteiger partial charge is 0.342 e. The fourth-order valence-corrected chi connectivity index (χ4v) is 1.13. The summed E-state index contributed by atoms with van der Waals surface area (Å²) in [5.41, 5.74) is -0.578. The number of nitriles is 1. The highest BCUT2D eigenvalue weighted by Crippen LogP contribution is 2.19. The molecule has 0 heterocycles. The first-order valence-electron chi connectivity index (χ1n) is 4.44. The van der Waals surface area contributed by atoms with Gasteiger partial charge in [-0.2, -0.15) is 5.26 Å². The van der Waals surface area contributed by atoms with E-state index in [1.54, 1.807) is 6.07 Å². The monoisotopic (exact) mass is 230 g/mol. The Balaban J connectivity index is 3.21. The maximum atomic E-state index is 10.8. The lowest BCUT2D eigenvalue weighted by Crippen LogP contribution is -2.02. The number of carbonyl (C=O) groups is 1. The molecule has 0 fully saturated rings. The molecule has 84 valence electrons. The van der Waals surface area contributed by atoms with Gasteiger partial charge in [-0.3, -0.25) is 10.1 Å². The molecule has 0 bridgehead atoms. The number of benzene rings is 1. The molecule has 1 aromatic carbocycles. The van der Waals surface area contributed by atoms with Crippen LogP contribution in [0.15, 0.2) is 18.2 Å². The molecular weight excluding hydrogens is 224 g/mol. The lowest BCUT2D eigenvalue weighted by Gasteiger charge is -1.98. The van der Waals surface area contributed by atoms with Crippen molar-refractivity contribution in [2.75, 3.05) is 0 Å². The Kier molecular flexibility index (Phi) is 3.80. The van der Waals surface area contributed by atoms with Gasteiger partial charge in [0.2, 0.25) is 0 Å². The van der Waals surface area contributed by atoms with Gasteiger partial charge in [0.05, 0.1) is 17.4 Å². The van der Waals surface area contributed by atoms with E-state index in [0.717, 1.165) is 12.1 Å². The number of rotatable bonds is 2. The number of nitro groups is 1. The Bertz CT molecular complexity index is 575. The summed E-state index contributed by atoms with van der Waals surface area (Å²) in [6, 6.07) is 5.35. The summed E-state index contributed by atoms with van der Waals surface area (Å²) in [4.78, 5) is 20.6. The molecule has 0 atom stereocenters. The molecular formula is C11H6N2O4. The normalized spacial score (nSPS) is 8.65. The summed E-state index contributed by atoms with van der Waals surface area (Å²) in [5.74, 6) is 3.65. The SMILES string of the molecule is N#CCC#Cc1ccc([N+](=O)[O-])c(C(=O)O)c1. The first-order valence-corrected chi connectivity index (χ1v) is 4.44. The van der Waals surface area contributed by atoms with E-state index in [-0.39, 0.29) is 6.42 Å².